The van der Waals surface area contributed by atoms with Crippen molar-refractivity contribution in [3.05, 3.63) is 30.1 Å². The molecule has 1 amide bonds. The monoisotopic (exact) mass is 221 g/mol. The van der Waals surface area contributed by atoms with Crippen LogP contribution in [0, 0.1) is 0 Å². The van der Waals surface area contributed by atoms with Crippen molar-refractivity contribution < 1.29 is 9.53 Å². The number of hydrogen-bond acceptors (Lipinski definition) is 4. The molecule has 0 saturated carbocycles. The second-order valence-corrected chi connectivity index (χ2v) is 3.90. The predicted molar refractivity (Wildman–Crippen MR) is 58.6 cm³/mol. The largest absolute Gasteiger partial charge is 0.445 e. The van der Waals surface area contributed by atoms with Crippen LogP contribution in [-0.4, -0.2) is 35.1 Å². The average molecular weight is 221 g/mol. The summed E-state index contributed by atoms with van der Waals surface area (Å²) >= 11 is 0. The normalized spacial score (nSPS) is 19.8. The molecule has 86 valence electrons. The molecular formula is C11H15N3O2. The molecule has 1 aromatic heterocycles. The maximum Gasteiger partial charge on any atom is 0.410 e. The van der Waals surface area contributed by atoms with Gasteiger partial charge in [0.15, 0.2) is 0 Å². The van der Waals surface area contributed by atoms with E-state index in [2.05, 4.69) is 4.98 Å². The summed E-state index contributed by atoms with van der Waals surface area (Å²) in [5.41, 5.74) is 6.65. The van der Waals surface area contributed by atoms with Crippen LogP contribution < -0.4 is 5.73 Å². The second-order valence-electron chi connectivity index (χ2n) is 3.90. The fraction of sp³-hybridized carbons (Fsp3) is 0.455. The van der Waals surface area contributed by atoms with Crippen LogP contribution in [0.5, 0.6) is 0 Å². The molecule has 16 heavy (non-hydrogen) atoms. The molecule has 0 radical (unpaired) electrons. The first-order chi connectivity index (χ1) is 7.75. The third-order valence-corrected chi connectivity index (χ3v) is 2.59. The molecule has 5 nitrogen and oxygen atoms in total. The number of nitrogens with two attached hydrogens (primary N) is 1. The number of rotatable bonds is 2. The Hall–Kier alpha value is -1.62. The highest BCUT2D eigenvalue weighted by Gasteiger charge is 2.24. The molecule has 0 aromatic carbocycles. The summed E-state index contributed by atoms with van der Waals surface area (Å²) in [4.78, 5) is 17.1. The number of nitrogens with zero attached hydrogens (tertiary/aromatic N) is 2. The number of carbonyl (C=O) groups excluding carboxylic acids is 1. The number of likely N-dealkylation sites (tertiary alicyclic amines) is 1. The predicted octanol–water partition coefficient (Wildman–Crippen LogP) is 0.751. The molecule has 1 aromatic rings. The van der Waals surface area contributed by atoms with Gasteiger partial charge in [0.25, 0.3) is 0 Å². The molecule has 5 heteroatoms. The molecule has 0 bridgehead atoms. The summed E-state index contributed by atoms with van der Waals surface area (Å²) in [7, 11) is 0. The number of ether oxygens (including phenoxy) is 1. The first-order valence-corrected chi connectivity index (χ1v) is 5.32. The van der Waals surface area contributed by atoms with Crippen molar-refractivity contribution in [3.8, 4) is 0 Å². The van der Waals surface area contributed by atoms with E-state index in [9.17, 15) is 4.79 Å². The number of carbonyl (C=O) groups is 1. The van der Waals surface area contributed by atoms with E-state index in [0.717, 1.165) is 12.0 Å². The molecule has 1 aliphatic rings. The number of amides is 1. The minimum absolute atomic E-state index is 0.0912. The Morgan fingerprint density at radius 1 is 1.56 bits per heavy atom. The van der Waals surface area contributed by atoms with Crippen molar-refractivity contribution in [3.63, 3.8) is 0 Å². The zero-order valence-electron chi connectivity index (χ0n) is 9.00. The van der Waals surface area contributed by atoms with Crippen molar-refractivity contribution in [1.29, 1.82) is 0 Å². The highest BCUT2D eigenvalue weighted by atomic mass is 16.6. The molecule has 0 aliphatic carbocycles. The number of aromatic nitrogens is 1. The quantitative estimate of drug-likeness (QED) is 0.800. The van der Waals surface area contributed by atoms with Crippen molar-refractivity contribution in [2.75, 3.05) is 13.1 Å². The third-order valence-electron chi connectivity index (χ3n) is 2.59. The molecule has 1 fully saturated rings. The second kappa shape index (κ2) is 4.94. The number of hydrogen-bond donors (Lipinski definition) is 1. The van der Waals surface area contributed by atoms with Gasteiger partial charge in [-0.15, -0.1) is 0 Å². The van der Waals surface area contributed by atoms with Crippen LogP contribution in [0.25, 0.3) is 0 Å². The molecule has 1 atom stereocenters. The van der Waals surface area contributed by atoms with Crippen molar-refractivity contribution in [2.24, 2.45) is 5.73 Å². The summed E-state index contributed by atoms with van der Waals surface area (Å²) in [5, 5.41) is 0. The Kier molecular flexibility index (Phi) is 3.36. The standard InChI is InChI=1S/C11H15N3O2/c12-10-3-6-14(7-10)11(15)16-8-9-1-4-13-5-2-9/h1-2,4-5,10H,3,6-8,12H2. The van der Waals surface area contributed by atoms with E-state index in [0.29, 0.717) is 13.1 Å². The van der Waals surface area contributed by atoms with Crippen LogP contribution in [0.15, 0.2) is 24.5 Å². The molecule has 2 heterocycles. The highest BCUT2D eigenvalue weighted by molar-refractivity contribution is 5.68. The summed E-state index contributed by atoms with van der Waals surface area (Å²) < 4.78 is 5.16. The van der Waals surface area contributed by atoms with E-state index >= 15 is 0 Å². The van der Waals surface area contributed by atoms with Gasteiger partial charge in [0.05, 0.1) is 0 Å². The summed E-state index contributed by atoms with van der Waals surface area (Å²) in [6.45, 7) is 1.57. The molecule has 2 N–H and O–H groups in total. The van der Waals surface area contributed by atoms with Gasteiger partial charge in [0, 0.05) is 31.5 Å². The van der Waals surface area contributed by atoms with Gasteiger partial charge in [-0.3, -0.25) is 4.98 Å². The lowest BCUT2D eigenvalue weighted by Gasteiger charge is -2.15. The van der Waals surface area contributed by atoms with Gasteiger partial charge in [-0.2, -0.15) is 0 Å². The van der Waals surface area contributed by atoms with Crippen LogP contribution in [0.1, 0.15) is 12.0 Å². The maximum absolute atomic E-state index is 11.6. The van der Waals surface area contributed by atoms with Gasteiger partial charge < -0.3 is 15.4 Å². The minimum Gasteiger partial charge on any atom is -0.445 e. The first-order valence-electron chi connectivity index (χ1n) is 5.32. The first kappa shape index (κ1) is 10.9. The summed E-state index contributed by atoms with van der Waals surface area (Å²) in [6.07, 6.45) is 3.92. The zero-order valence-corrected chi connectivity index (χ0v) is 9.00. The average Bonchev–Trinajstić information content (AvgIpc) is 2.74. The van der Waals surface area contributed by atoms with E-state index < -0.39 is 0 Å². The van der Waals surface area contributed by atoms with Crippen LogP contribution in [0.4, 0.5) is 4.79 Å². The molecular weight excluding hydrogens is 206 g/mol. The van der Waals surface area contributed by atoms with E-state index in [4.69, 9.17) is 10.5 Å². The minimum atomic E-state index is -0.287. The Bertz CT molecular complexity index is 356. The molecule has 0 spiro atoms. The fourth-order valence-electron chi connectivity index (χ4n) is 1.67. The lowest BCUT2D eigenvalue weighted by Crippen LogP contribution is -2.32. The van der Waals surface area contributed by atoms with Gasteiger partial charge in [0.1, 0.15) is 6.61 Å². The van der Waals surface area contributed by atoms with E-state index in [1.807, 2.05) is 12.1 Å². The van der Waals surface area contributed by atoms with E-state index in [1.165, 1.54) is 0 Å². The Morgan fingerprint density at radius 3 is 2.94 bits per heavy atom. The van der Waals surface area contributed by atoms with Crippen LogP contribution >= 0.6 is 0 Å². The molecule has 2 rings (SSSR count). The van der Waals surface area contributed by atoms with Gasteiger partial charge in [-0.05, 0) is 24.1 Å². The summed E-state index contributed by atoms with van der Waals surface area (Å²) in [5.74, 6) is 0. The van der Waals surface area contributed by atoms with Crippen LogP contribution in [0.3, 0.4) is 0 Å². The van der Waals surface area contributed by atoms with Crippen LogP contribution in [-0.2, 0) is 11.3 Å². The Balaban J connectivity index is 1.80. The third kappa shape index (κ3) is 2.70. The van der Waals surface area contributed by atoms with Gasteiger partial charge in [-0.1, -0.05) is 0 Å². The van der Waals surface area contributed by atoms with Crippen molar-refractivity contribution >= 4 is 6.09 Å². The van der Waals surface area contributed by atoms with E-state index in [1.54, 1.807) is 17.3 Å². The molecule has 1 aliphatic heterocycles. The Labute approximate surface area is 94.2 Å². The maximum atomic E-state index is 11.6. The van der Waals surface area contributed by atoms with Crippen molar-refractivity contribution in [1.82, 2.24) is 9.88 Å². The zero-order chi connectivity index (χ0) is 11.4. The summed E-state index contributed by atoms with van der Waals surface area (Å²) in [6, 6.07) is 3.74. The van der Waals surface area contributed by atoms with Gasteiger partial charge in [0.2, 0.25) is 0 Å². The lowest BCUT2D eigenvalue weighted by atomic mass is 10.3. The smallest absolute Gasteiger partial charge is 0.410 e. The SMILES string of the molecule is NC1CCN(C(=O)OCc2ccncc2)C1. The highest BCUT2D eigenvalue weighted by Crippen LogP contribution is 2.09. The van der Waals surface area contributed by atoms with Gasteiger partial charge >= 0.3 is 6.09 Å². The van der Waals surface area contributed by atoms with Crippen molar-refractivity contribution in [2.45, 2.75) is 19.1 Å². The topological polar surface area (TPSA) is 68.5 Å². The molecule has 1 unspecified atom stereocenters. The fourth-order valence-corrected chi connectivity index (χ4v) is 1.67. The van der Waals surface area contributed by atoms with Crippen LogP contribution in [0.2, 0.25) is 0 Å². The lowest BCUT2D eigenvalue weighted by molar-refractivity contribution is 0.104. The Morgan fingerprint density at radius 2 is 2.31 bits per heavy atom. The van der Waals surface area contributed by atoms with Gasteiger partial charge in [-0.25, -0.2) is 4.79 Å². The number of pyridine rings is 1. The molecule has 1 saturated heterocycles. The van der Waals surface area contributed by atoms with E-state index in [-0.39, 0.29) is 18.7 Å².